The van der Waals surface area contributed by atoms with Gasteiger partial charge in [-0.1, -0.05) is 0 Å². The van der Waals surface area contributed by atoms with Gasteiger partial charge in [0.05, 0.1) is 18.8 Å². The summed E-state index contributed by atoms with van der Waals surface area (Å²) in [5.41, 5.74) is 0.510. The SMILES string of the molecule is Cc1cnn(CC(=O)N2CC[C@H](O)[C@]3(CCCO3)C2)c1. The minimum Gasteiger partial charge on any atom is -0.390 e. The first-order chi connectivity index (χ1) is 9.59. The number of ether oxygens (including phenoxy) is 1. The van der Waals surface area contributed by atoms with Crippen molar-refractivity contribution in [1.29, 1.82) is 0 Å². The third-order valence-corrected chi connectivity index (χ3v) is 4.28. The average Bonchev–Trinajstić information content (AvgIpc) is 3.03. The van der Waals surface area contributed by atoms with Crippen molar-refractivity contribution in [3.8, 4) is 0 Å². The van der Waals surface area contributed by atoms with Crippen LogP contribution in [0, 0.1) is 6.92 Å². The smallest absolute Gasteiger partial charge is 0.244 e. The molecule has 1 aromatic heterocycles. The summed E-state index contributed by atoms with van der Waals surface area (Å²) >= 11 is 0. The van der Waals surface area contributed by atoms with Crippen LogP contribution in [0.15, 0.2) is 12.4 Å². The van der Waals surface area contributed by atoms with Gasteiger partial charge in [-0.15, -0.1) is 0 Å². The summed E-state index contributed by atoms with van der Waals surface area (Å²) in [5.74, 6) is 0.0369. The van der Waals surface area contributed by atoms with E-state index in [0.29, 0.717) is 26.1 Å². The fraction of sp³-hybridized carbons (Fsp3) is 0.714. The molecule has 20 heavy (non-hydrogen) atoms. The van der Waals surface area contributed by atoms with Crippen molar-refractivity contribution in [3.63, 3.8) is 0 Å². The molecule has 6 nitrogen and oxygen atoms in total. The monoisotopic (exact) mass is 279 g/mol. The van der Waals surface area contributed by atoms with Crippen molar-refractivity contribution >= 4 is 5.91 Å². The molecule has 3 rings (SSSR count). The summed E-state index contributed by atoms with van der Waals surface area (Å²) < 4.78 is 7.42. The normalized spacial score (nSPS) is 30.1. The Morgan fingerprint density at radius 1 is 1.65 bits per heavy atom. The molecule has 2 aliphatic rings. The lowest BCUT2D eigenvalue weighted by molar-refractivity contribution is -0.155. The molecule has 1 aromatic rings. The molecule has 6 heteroatoms. The van der Waals surface area contributed by atoms with Gasteiger partial charge in [-0.3, -0.25) is 9.48 Å². The lowest BCUT2D eigenvalue weighted by Crippen LogP contribution is -2.58. The molecule has 1 N–H and O–H groups in total. The number of rotatable bonds is 2. The highest BCUT2D eigenvalue weighted by molar-refractivity contribution is 5.76. The maximum atomic E-state index is 12.4. The van der Waals surface area contributed by atoms with Gasteiger partial charge in [0, 0.05) is 19.3 Å². The van der Waals surface area contributed by atoms with Crippen LogP contribution in [0.1, 0.15) is 24.8 Å². The fourth-order valence-corrected chi connectivity index (χ4v) is 3.16. The van der Waals surface area contributed by atoms with Gasteiger partial charge < -0.3 is 14.7 Å². The predicted molar refractivity (Wildman–Crippen MR) is 72.1 cm³/mol. The van der Waals surface area contributed by atoms with E-state index in [0.717, 1.165) is 18.4 Å². The number of likely N-dealkylation sites (tertiary alicyclic amines) is 1. The van der Waals surface area contributed by atoms with E-state index in [4.69, 9.17) is 4.74 Å². The second kappa shape index (κ2) is 5.18. The Morgan fingerprint density at radius 3 is 3.15 bits per heavy atom. The number of aliphatic hydroxyl groups is 1. The second-order valence-corrected chi connectivity index (χ2v) is 5.85. The Labute approximate surface area is 118 Å². The quantitative estimate of drug-likeness (QED) is 0.847. The van der Waals surface area contributed by atoms with Crippen LogP contribution in [-0.2, 0) is 16.1 Å². The van der Waals surface area contributed by atoms with Crippen LogP contribution >= 0.6 is 0 Å². The van der Waals surface area contributed by atoms with Crippen LogP contribution in [0.3, 0.4) is 0 Å². The van der Waals surface area contributed by atoms with Gasteiger partial charge in [-0.05, 0) is 31.7 Å². The zero-order valence-electron chi connectivity index (χ0n) is 11.8. The molecule has 0 bridgehead atoms. The number of piperidine rings is 1. The molecule has 1 spiro atoms. The van der Waals surface area contributed by atoms with Gasteiger partial charge in [0.25, 0.3) is 0 Å². The summed E-state index contributed by atoms with van der Waals surface area (Å²) in [6.07, 6.45) is 5.52. The molecule has 2 saturated heterocycles. The predicted octanol–water partition coefficient (Wildman–Crippen LogP) is 0.334. The lowest BCUT2D eigenvalue weighted by atomic mass is 9.87. The summed E-state index contributed by atoms with van der Waals surface area (Å²) in [4.78, 5) is 14.2. The van der Waals surface area contributed by atoms with Crippen molar-refractivity contribution < 1.29 is 14.6 Å². The summed E-state index contributed by atoms with van der Waals surface area (Å²) in [6.45, 7) is 3.96. The number of aliphatic hydroxyl groups excluding tert-OH is 1. The maximum Gasteiger partial charge on any atom is 0.244 e. The van der Waals surface area contributed by atoms with Gasteiger partial charge in [0.2, 0.25) is 5.91 Å². The summed E-state index contributed by atoms with van der Waals surface area (Å²) in [6, 6.07) is 0. The number of aromatic nitrogens is 2. The molecule has 2 aliphatic heterocycles. The Kier molecular flexibility index (Phi) is 3.52. The standard InChI is InChI=1S/C14H21N3O3/c1-11-7-15-17(8-11)9-13(19)16-5-3-12(18)14(10-16)4-2-6-20-14/h7-8,12,18H,2-6,9-10H2,1H3/t12-,14-/m0/s1. The Morgan fingerprint density at radius 2 is 2.50 bits per heavy atom. The highest BCUT2D eigenvalue weighted by Crippen LogP contribution is 2.34. The first kappa shape index (κ1) is 13.6. The van der Waals surface area contributed by atoms with Gasteiger partial charge in [-0.25, -0.2) is 0 Å². The third-order valence-electron chi connectivity index (χ3n) is 4.28. The molecule has 3 heterocycles. The number of nitrogens with zero attached hydrogens (tertiary/aromatic N) is 3. The number of hydrogen-bond acceptors (Lipinski definition) is 4. The van der Waals surface area contributed by atoms with E-state index in [9.17, 15) is 9.90 Å². The maximum absolute atomic E-state index is 12.4. The second-order valence-electron chi connectivity index (χ2n) is 5.85. The Bertz CT molecular complexity index is 494. The number of carbonyl (C=O) groups is 1. The zero-order valence-corrected chi connectivity index (χ0v) is 11.8. The molecular formula is C14H21N3O3. The van der Waals surface area contributed by atoms with Crippen LogP contribution in [0.4, 0.5) is 0 Å². The number of aryl methyl sites for hydroxylation is 1. The number of carbonyl (C=O) groups excluding carboxylic acids is 1. The topological polar surface area (TPSA) is 67.6 Å². The molecular weight excluding hydrogens is 258 g/mol. The zero-order chi connectivity index (χ0) is 14.2. The Hall–Kier alpha value is -1.40. The fourth-order valence-electron chi connectivity index (χ4n) is 3.16. The van der Waals surface area contributed by atoms with E-state index in [1.54, 1.807) is 15.8 Å². The minimum absolute atomic E-state index is 0.0369. The van der Waals surface area contributed by atoms with E-state index >= 15 is 0 Å². The first-order valence-corrected chi connectivity index (χ1v) is 7.18. The molecule has 110 valence electrons. The summed E-state index contributed by atoms with van der Waals surface area (Å²) in [5, 5.41) is 14.3. The molecule has 0 saturated carbocycles. The highest BCUT2D eigenvalue weighted by atomic mass is 16.5. The third kappa shape index (κ3) is 2.45. The van der Waals surface area contributed by atoms with Gasteiger partial charge >= 0.3 is 0 Å². The van der Waals surface area contributed by atoms with Crippen LogP contribution in [0.25, 0.3) is 0 Å². The highest BCUT2D eigenvalue weighted by Gasteiger charge is 2.47. The van der Waals surface area contributed by atoms with Crippen molar-refractivity contribution in [3.05, 3.63) is 18.0 Å². The Balaban J connectivity index is 1.66. The number of hydrogen-bond donors (Lipinski definition) is 1. The molecule has 0 radical (unpaired) electrons. The van der Waals surface area contributed by atoms with Crippen molar-refractivity contribution in [2.45, 2.75) is 44.4 Å². The van der Waals surface area contributed by atoms with Crippen molar-refractivity contribution in [2.75, 3.05) is 19.7 Å². The lowest BCUT2D eigenvalue weighted by Gasteiger charge is -2.43. The van der Waals surface area contributed by atoms with E-state index < -0.39 is 11.7 Å². The molecule has 0 aromatic carbocycles. The van der Waals surface area contributed by atoms with Gasteiger partial charge in [-0.2, -0.15) is 5.10 Å². The van der Waals surface area contributed by atoms with Crippen LogP contribution < -0.4 is 0 Å². The van der Waals surface area contributed by atoms with E-state index in [1.807, 2.05) is 13.1 Å². The summed E-state index contributed by atoms with van der Waals surface area (Å²) in [7, 11) is 0. The molecule has 2 atom stereocenters. The van der Waals surface area contributed by atoms with Crippen LogP contribution in [0.2, 0.25) is 0 Å². The van der Waals surface area contributed by atoms with Crippen molar-refractivity contribution in [1.82, 2.24) is 14.7 Å². The molecule has 2 fully saturated rings. The average molecular weight is 279 g/mol. The van der Waals surface area contributed by atoms with E-state index in [1.165, 1.54) is 0 Å². The first-order valence-electron chi connectivity index (χ1n) is 7.18. The van der Waals surface area contributed by atoms with Crippen LogP contribution in [-0.4, -0.2) is 57.1 Å². The van der Waals surface area contributed by atoms with Crippen LogP contribution in [0.5, 0.6) is 0 Å². The minimum atomic E-state index is -0.534. The number of amides is 1. The van der Waals surface area contributed by atoms with E-state index in [2.05, 4.69) is 5.10 Å². The molecule has 0 aliphatic carbocycles. The van der Waals surface area contributed by atoms with E-state index in [-0.39, 0.29) is 12.5 Å². The molecule has 1 amide bonds. The largest absolute Gasteiger partial charge is 0.390 e. The van der Waals surface area contributed by atoms with Gasteiger partial charge in [0.15, 0.2) is 0 Å². The van der Waals surface area contributed by atoms with Crippen molar-refractivity contribution in [2.24, 2.45) is 0 Å². The van der Waals surface area contributed by atoms with Gasteiger partial charge in [0.1, 0.15) is 12.1 Å². The molecule has 0 unspecified atom stereocenters.